The van der Waals surface area contributed by atoms with Crippen LogP contribution in [0.15, 0.2) is 34.7 Å². The van der Waals surface area contributed by atoms with Crippen LogP contribution < -0.4 is 4.90 Å². The molecule has 1 aliphatic carbocycles. The number of fused-ring (bicyclic) bond motifs is 1. The van der Waals surface area contributed by atoms with Crippen molar-refractivity contribution in [2.24, 2.45) is 0 Å². The first-order chi connectivity index (χ1) is 11.7. The van der Waals surface area contributed by atoms with Crippen LogP contribution in [0.3, 0.4) is 0 Å². The Balaban J connectivity index is 1.50. The van der Waals surface area contributed by atoms with Crippen LogP contribution in [-0.4, -0.2) is 22.2 Å². The molecule has 0 saturated heterocycles. The second-order valence-electron chi connectivity index (χ2n) is 6.29. The van der Waals surface area contributed by atoms with Crippen molar-refractivity contribution in [2.75, 3.05) is 11.9 Å². The van der Waals surface area contributed by atoms with Gasteiger partial charge in [0.2, 0.25) is 11.8 Å². The van der Waals surface area contributed by atoms with E-state index >= 15 is 0 Å². The van der Waals surface area contributed by atoms with Crippen LogP contribution in [0, 0.1) is 6.92 Å². The van der Waals surface area contributed by atoms with Crippen LogP contribution in [0.2, 0.25) is 0 Å². The van der Waals surface area contributed by atoms with Gasteiger partial charge in [-0.1, -0.05) is 30.3 Å². The maximum absolute atomic E-state index is 5.47. The molecule has 0 aliphatic heterocycles. The number of anilines is 1. The molecular weight excluding hydrogens is 320 g/mol. The number of hydrogen-bond acceptors (Lipinski definition) is 6. The Morgan fingerprint density at radius 2 is 2.08 bits per heavy atom. The Kier molecular flexibility index (Phi) is 4.06. The molecule has 2 heterocycles. The molecule has 5 nitrogen and oxygen atoms in total. The number of aromatic nitrogens is 3. The summed E-state index contributed by atoms with van der Waals surface area (Å²) in [5.41, 5.74) is 2.70. The van der Waals surface area contributed by atoms with Crippen LogP contribution in [0.5, 0.6) is 0 Å². The molecule has 6 heteroatoms. The smallest absolute Gasteiger partial charge is 0.235 e. The van der Waals surface area contributed by atoms with Crippen molar-refractivity contribution in [1.29, 1.82) is 0 Å². The van der Waals surface area contributed by atoms with Crippen molar-refractivity contribution in [2.45, 2.75) is 38.6 Å². The molecule has 0 bridgehead atoms. The van der Waals surface area contributed by atoms with Gasteiger partial charge in [0.05, 0.1) is 12.2 Å². The SMILES string of the molecule is Cc1nnc(CN(C)c2nc3c(s2)C[C@H](c2ccccc2)CC3)o1. The molecule has 0 N–H and O–H groups in total. The van der Waals surface area contributed by atoms with Crippen LogP contribution >= 0.6 is 11.3 Å². The summed E-state index contributed by atoms with van der Waals surface area (Å²) >= 11 is 1.79. The van der Waals surface area contributed by atoms with Gasteiger partial charge in [-0.05, 0) is 30.7 Å². The van der Waals surface area contributed by atoms with Crippen molar-refractivity contribution < 1.29 is 4.42 Å². The molecule has 0 fully saturated rings. The van der Waals surface area contributed by atoms with Crippen molar-refractivity contribution in [1.82, 2.24) is 15.2 Å². The lowest BCUT2D eigenvalue weighted by atomic mass is 9.85. The topological polar surface area (TPSA) is 55.1 Å². The van der Waals surface area contributed by atoms with Gasteiger partial charge in [-0.2, -0.15) is 0 Å². The normalized spacial score (nSPS) is 16.8. The lowest BCUT2D eigenvalue weighted by Gasteiger charge is -2.21. The van der Waals surface area contributed by atoms with E-state index in [0.29, 0.717) is 24.2 Å². The lowest BCUT2D eigenvalue weighted by Crippen LogP contribution is -2.16. The predicted octanol–water partition coefficient (Wildman–Crippen LogP) is 3.74. The average Bonchev–Trinajstić information content (AvgIpc) is 3.21. The van der Waals surface area contributed by atoms with Crippen molar-refractivity contribution in [3.05, 3.63) is 58.2 Å². The molecular formula is C18H20N4OS. The predicted molar refractivity (Wildman–Crippen MR) is 94.5 cm³/mol. The molecule has 24 heavy (non-hydrogen) atoms. The molecule has 1 atom stereocenters. The third kappa shape index (κ3) is 3.06. The fourth-order valence-electron chi connectivity index (χ4n) is 3.21. The van der Waals surface area contributed by atoms with E-state index in [1.165, 1.54) is 22.6 Å². The summed E-state index contributed by atoms with van der Waals surface area (Å²) in [5, 5.41) is 8.98. The van der Waals surface area contributed by atoms with Gasteiger partial charge < -0.3 is 9.32 Å². The van der Waals surface area contributed by atoms with Gasteiger partial charge in [-0.15, -0.1) is 21.5 Å². The minimum Gasteiger partial charge on any atom is -0.424 e. The number of benzene rings is 1. The minimum atomic E-state index is 0.593. The molecule has 1 aromatic carbocycles. The molecule has 0 amide bonds. The Morgan fingerprint density at radius 3 is 2.83 bits per heavy atom. The van der Waals surface area contributed by atoms with Crippen LogP contribution in [0.25, 0.3) is 0 Å². The molecule has 124 valence electrons. The van der Waals surface area contributed by atoms with Gasteiger partial charge in [0, 0.05) is 18.8 Å². The Labute approximate surface area is 145 Å². The highest BCUT2D eigenvalue weighted by atomic mass is 32.1. The molecule has 2 aromatic heterocycles. The first-order valence-corrected chi connectivity index (χ1v) is 9.04. The third-order valence-electron chi connectivity index (χ3n) is 4.47. The number of thiazole rings is 1. The average molecular weight is 340 g/mol. The van der Waals surface area contributed by atoms with Crippen molar-refractivity contribution in [3.8, 4) is 0 Å². The fraction of sp³-hybridized carbons (Fsp3) is 0.389. The van der Waals surface area contributed by atoms with E-state index < -0.39 is 0 Å². The van der Waals surface area contributed by atoms with E-state index in [4.69, 9.17) is 9.40 Å². The lowest BCUT2D eigenvalue weighted by molar-refractivity contribution is 0.466. The highest BCUT2D eigenvalue weighted by Gasteiger charge is 2.24. The van der Waals surface area contributed by atoms with E-state index in [0.717, 1.165) is 18.0 Å². The molecule has 3 aromatic rings. The highest BCUT2D eigenvalue weighted by Crippen LogP contribution is 2.37. The maximum Gasteiger partial charge on any atom is 0.235 e. The van der Waals surface area contributed by atoms with E-state index in [9.17, 15) is 0 Å². The van der Waals surface area contributed by atoms with Crippen LogP contribution in [-0.2, 0) is 19.4 Å². The first-order valence-electron chi connectivity index (χ1n) is 8.22. The van der Waals surface area contributed by atoms with Gasteiger partial charge in [-0.3, -0.25) is 0 Å². The van der Waals surface area contributed by atoms with E-state index in [1.807, 2.05) is 14.0 Å². The largest absolute Gasteiger partial charge is 0.424 e. The molecule has 1 aliphatic rings. The molecule has 0 spiro atoms. The fourth-order valence-corrected chi connectivity index (χ4v) is 4.35. The second-order valence-corrected chi connectivity index (χ2v) is 7.35. The maximum atomic E-state index is 5.47. The van der Waals surface area contributed by atoms with Gasteiger partial charge >= 0.3 is 0 Å². The van der Waals surface area contributed by atoms with E-state index in [2.05, 4.69) is 45.4 Å². The molecule has 4 rings (SSSR count). The van der Waals surface area contributed by atoms with Crippen LogP contribution in [0.1, 0.15) is 40.3 Å². The summed E-state index contributed by atoms with van der Waals surface area (Å²) in [5.74, 6) is 1.84. The van der Waals surface area contributed by atoms with E-state index in [1.54, 1.807) is 11.3 Å². The Hall–Kier alpha value is -2.21. The van der Waals surface area contributed by atoms with Crippen molar-refractivity contribution >= 4 is 16.5 Å². The summed E-state index contributed by atoms with van der Waals surface area (Å²) in [6.45, 7) is 2.40. The second kappa shape index (κ2) is 6.36. The Bertz CT molecular complexity index is 827. The Morgan fingerprint density at radius 1 is 1.25 bits per heavy atom. The minimum absolute atomic E-state index is 0.593. The van der Waals surface area contributed by atoms with Gasteiger partial charge in [-0.25, -0.2) is 4.98 Å². The summed E-state index contributed by atoms with van der Waals surface area (Å²) in [6.07, 6.45) is 3.32. The quantitative estimate of drug-likeness (QED) is 0.724. The summed E-state index contributed by atoms with van der Waals surface area (Å²) in [4.78, 5) is 8.34. The number of aryl methyl sites for hydroxylation is 2. The zero-order valence-electron chi connectivity index (χ0n) is 13.9. The number of hydrogen-bond donors (Lipinski definition) is 0. The first kappa shape index (κ1) is 15.3. The highest BCUT2D eigenvalue weighted by molar-refractivity contribution is 7.15. The van der Waals surface area contributed by atoms with Crippen LogP contribution in [0.4, 0.5) is 5.13 Å². The monoisotopic (exact) mass is 340 g/mol. The number of nitrogens with zero attached hydrogens (tertiary/aromatic N) is 4. The standard InChI is InChI=1S/C18H20N4OS/c1-12-20-21-17(23-12)11-22(2)18-19-15-9-8-14(10-16(15)24-18)13-6-4-3-5-7-13/h3-7,14H,8-11H2,1-2H3/t14-/m1/s1. The molecule has 0 unspecified atom stereocenters. The summed E-state index contributed by atoms with van der Waals surface area (Å²) in [6, 6.07) is 10.8. The zero-order valence-corrected chi connectivity index (χ0v) is 14.7. The van der Waals surface area contributed by atoms with Gasteiger partial charge in [0.15, 0.2) is 5.13 Å². The molecule has 0 radical (unpaired) electrons. The van der Waals surface area contributed by atoms with Crippen molar-refractivity contribution in [3.63, 3.8) is 0 Å². The molecule has 0 saturated carbocycles. The summed E-state index contributed by atoms with van der Waals surface area (Å²) in [7, 11) is 2.03. The third-order valence-corrected chi connectivity index (χ3v) is 5.70. The number of rotatable bonds is 4. The zero-order chi connectivity index (χ0) is 16.5. The van der Waals surface area contributed by atoms with E-state index in [-0.39, 0.29) is 0 Å². The van der Waals surface area contributed by atoms with Gasteiger partial charge in [0.25, 0.3) is 0 Å². The summed E-state index contributed by atoms with van der Waals surface area (Å²) < 4.78 is 5.47. The van der Waals surface area contributed by atoms with Gasteiger partial charge in [0.1, 0.15) is 0 Å².